The maximum Gasteiger partial charge on any atom is 0.257 e. The van der Waals surface area contributed by atoms with Crippen LogP contribution < -0.4 is 5.32 Å². The normalized spacial score (nSPS) is 10.6. The van der Waals surface area contributed by atoms with Crippen LogP contribution in [0.3, 0.4) is 0 Å². The Morgan fingerprint density at radius 3 is 2.46 bits per heavy atom. The Morgan fingerprint density at radius 2 is 1.68 bits per heavy atom. The molecule has 0 unspecified atom stereocenters. The average Bonchev–Trinajstić information content (AvgIpc) is 3.19. The van der Waals surface area contributed by atoms with Crippen LogP contribution in [0.5, 0.6) is 0 Å². The second-order valence-electron chi connectivity index (χ2n) is 6.06. The number of carbonyl (C=O) groups is 1. The third-order valence-corrected chi connectivity index (χ3v) is 5.60. The summed E-state index contributed by atoms with van der Waals surface area (Å²) in [4.78, 5) is 17.2. The predicted molar refractivity (Wildman–Crippen MR) is 117 cm³/mol. The van der Waals surface area contributed by atoms with Crippen molar-refractivity contribution in [2.24, 2.45) is 0 Å². The zero-order valence-electron chi connectivity index (χ0n) is 14.5. The summed E-state index contributed by atoms with van der Waals surface area (Å²) in [7, 11) is 0. The van der Waals surface area contributed by atoms with Gasteiger partial charge in [-0.2, -0.15) is 0 Å². The topological polar surface area (TPSA) is 42.0 Å². The van der Waals surface area contributed by atoms with Gasteiger partial charge in [-0.05, 0) is 36.4 Å². The van der Waals surface area contributed by atoms with E-state index >= 15 is 0 Å². The lowest BCUT2D eigenvalue weighted by Crippen LogP contribution is -2.12. The van der Waals surface area contributed by atoms with Gasteiger partial charge in [0.25, 0.3) is 5.91 Å². The van der Waals surface area contributed by atoms with Crippen molar-refractivity contribution in [1.82, 2.24) is 4.98 Å². The summed E-state index contributed by atoms with van der Waals surface area (Å²) in [5, 5.41) is 6.92. The molecule has 28 heavy (non-hydrogen) atoms. The smallest absolute Gasteiger partial charge is 0.257 e. The Hall–Kier alpha value is -2.66. The molecule has 0 radical (unpaired) electrons. The van der Waals surface area contributed by atoms with Crippen LogP contribution in [0.2, 0.25) is 10.0 Å². The van der Waals surface area contributed by atoms with Gasteiger partial charge in [-0.3, -0.25) is 4.79 Å². The highest BCUT2D eigenvalue weighted by Crippen LogP contribution is 2.30. The molecule has 6 heteroatoms. The average molecular weight is 425 g/mol. The number of carbonyl (C=O) groups excluding carboxylic acids is 1. The van der Waals surface area contributed by atoms with Crippen LogP contribution in [0.25, 0.3) is 21.8 Å². The fraction of sp³-hybridized carbons (Fsp3) is 0. The largest absolute Gasteiger partial charge is 0.322 e. The molecule has 3 nitrogen and oxygen atoms in total. The molecule has 4 rings (SSSR count). The van der Waals surface area contributed by atoms with E-state index in [9.17, 15) is 4.79 Å². The van der Waals surface area contributed by atoms with Gasteiger partial charge in [-0.15, -0.1) is 11.3 Å². The quantitative estimate of drug-likeness (QED) is 0.381. The Labute approximate surface area is 176 Å². The summed E-state index contributed by atoms with van der Waals surface area (Å²) in [6, 6.07) is 22.2. The fourth-order valence-corrected chi connectivity index (χ4v) is 3.91. The summed E-state index contributed by atoms with van der Waals surface area (Å²) in [6.07, 6.45) is 0. The SMILES string of the molecule is O=C(Nc1cccc(-c2csc(-c3ccc(Cl)cc3)n2)c1)c1ccccc1Cl. The van der Waals surface area contributed by atoms with Gasteiger partial charge >= 0.3 is 0 Å². The molecule has 0 fully saturated rings. The van der Waals surface area contributed by atoms with Gasteiger partial charge in [-0.25, -0.2) is 4.98 Å². The van der Waals surface area contributed by atoms with E-state index in [0.29, 0.717) is 21.3 Å². The number of hydrogen-bond donors (Lipinski definition) is 1. The second-order valence-corrected chi connectivity index (χ2v) is 7.76. The number of nitrogens with zero attached hydrogens (tertiary/aromatic N) is 1. The van der Waals surface area contributed by atoms with Crippen LogP contribution in [0.4, 0.5) is 5.69 Å². The molecular weight excluding hydrogens is 411 g/mol. The zero-order chi connectivity index (χ0) is 19.5. The summed E-state index contributed by atoms with van der Waals surface area (Å²) in [5.74, 6) is -0.247. The molecule has 0 aliphatic heterocycles. The third kappa shape index (κ3) is 4.09. The van der Waals surface area contributed by atoms with Crippen LogP contribution in [-0.4, -0.2) is 10.9 Å². The van der Waals surface area contributed by atoms with Crippen molar-refractivity contribution in [3.63, 3.8) is 0 Å². The summed E-state index contributed by atoms with van der Waals surface area (Å²) >= 11 is 13.6. The number of hydrogen-bond acceptors (Lipinski definition) is 3. The Balaban J connectivity index is 1.57. The summed E-state index contributed by atoms with van der Waals surface area (Å²) in [5.41, 5.74) is 3.91. The molecule has 1 N–H and O–H groups in total. The molecule has 0 bridgehead atoms. The van der Waals surface area contributed by atoms with Gasteiger partial charge in [0, 0.05) is 27.2 Å². The van der Waals surface area contributed by atoms with E-state index in [1.807, 2.05) is 53.9 Å². The minimum atomic E-state index is -0.247. The molecular formula is C22H14Cl2N2OS. The number of benzene rings is 3. The van der Waals surface area contributed by atoms with Crippen molar-refractivity contribution in [3.8, 4) is 21.8 Å². The molecule has 1 aromatic heterocycles. The number of rotatable bonds is 4. The summed E-state index contributed by atoms with van der Waals surface area (Å²) < 4.78 is 0. The van der Waals surface area contributed by atoms with E-state index in [0.717, 1.165) is 21.8 Å². The minimum absolute atomic E-state index is 0.247. The molecule has 1 heterocycles. The second kappa shape index (κ2) is 8.15. The van der Waals surface area contributed by atoms with E-state index in [4.69, 9.17) is 28.2 Å². The number of aromatic nitrogens is 1. The van der Waals surface area contributed by atoms with Gasteiger partial charge in [0.1, 0.15) is 5.01 Å². The first-order valence-corrected chi connectivity index (χ1v) is 10.1. The van der Waals surface area contributed by atoms with Crippen LogP contribution in [-0.2, 0) is 0 Å². The number of thiazole rings is 1. The van der Waals surface area contributed by atoms with Gasteiger partial charge in [0.05, 0.1) is 16.3 Å². The first-order chi connectivity index (χ1) is 13.6. The van der Waals surface area contributed by atoms with Crippen molar-refractivity contribution >= 4 is 46.1 Å². The van der Waals surface area contributed by atoms with E-state index in [2.05, 4.69) is 5.32 Å². The van der Waals surface area contributed by atoms with Crippen LogP contribution in [0.1, 0.15) is 10.4 Å². The maximum atomic E-state index is 12.5. The summed E-state index contributed by atoms with van der Waals surface area (Å²) in [6.45, 7) is 0. The zero-order valence-corrected chi connectivity index (χ0v) is 16.9. The lowest BCUT2D eigenvalue weighted by molar-refractivity contribution is 0.102. The molecule has 3 aromatic carbocycles. The van der Waals surface area contributed by atoms with Gasteiger partial charge in [-0.1, -0.05) is 59.6 Å². The molecule has 0 atom stereocenters. The Morgan fingerprint density at radius 1 is 0.893 bits per heavy atom. The molecule has 4 aromatic rings. The number of halogens is 2. The van der Waals surface area contributed by atoms with Gasteiger partial charge in [0.2, 0.25) is 0 Å². The Bertz CT molecular complexity index is 1140. The van der Waals surface area contributed by atoms with Gasteiger partial charge in [0.15, 0.2) is 0 Å². The van der Waals surface area contributed by atoms with Crippen molar-refractivity contribution in [2.75, 3.05) is 5.32 Å². The first-order valence-electron chi connectivity index (χ1n) is 8.48. The highest BCUT2D eigenvalue weighted by atomic mass is 35.5. The first kappa shape index (κ1) is 18.7. The van der Waals surface area contributed by atoms with Crippen LogP contribution >= 0.6 is 34.5 Å². The molecule has 0 saturated carbocycles. The fourth-order valence-electron chi connectivity index (χ4n) is 2.73. The molecule has 0 aliphatic carbocycles. The molecule has 0 aliphatic rings. The van der Waals surface area contributed by atoms with Crippen LogP contribution in [0, 0.1) is 0 Å². The number of amides is 1. The third-order valence-electron chi connectivity index (χ3n) is 4.13. The Kier molecular flexibility index (Phi) is 5.44. The molecule has 0 spiro atoms. The van der Waals surface area contributed by atoms with Crippen molar-refractivity contribution in [1.29, 1.82) is 0 Å². The lowest BCUT2D eigenvalue weighted by atomic mass is 10.1. The van der Waals surface area contributed by atoms with Crippen LogP contribution in [0.15, 0.2) is 78.2 Å². The minimum Gasteiger partial charge on any atom is -0.322 e. The van der Waals surface area contributed by atoms with Gasteiger partial charge < -0.3 is 5.32 Å². The monoisotopic (exact) mass is 424 g/mol. The molecule has 1 amide bonds. The van der Waals surface area contributed by atoms with E-state index in [1.165, 1.54) is 0 Å². The standard InChI is InChI=1S/C22H14Cl2N2OS/c23-16-10-8-14(9-11-16)22-26-20(13-28-22)15-4-3-5-17(12-15)25-21(27)18-6-1-2-7-19(18)24/h1-13H,(H,25,27). The number of nitrogens with one attached hydrogen (secondary N) is 1. The maximum absolute atomic E-state index is 12.5. The highest BCUT2D eigenvalue weighted by molar-refractivity contribution is 7.13. The molecule has 138 valence electrons. The van der Waals surface area contributed by atoms with Crippen molar-refractivity contribution < 1.29 is 4.79 Å². The number of anilines is 1. The van der Waals surface area contributed by atoms with Crippen molar-refractivity contribution in [3.05, 3.63) is 93.8 Å². The van der Waals surface area contributed by atoms with E-state index in [1.54, 1.807) is 35.6 Å². The van der Waals surface area contributed by atoms with E-state index < -0.39 is 0 Å². The predicted octanol–water partition coefficient (Wildman–Crippen LogP) is 7.04. The van der Waals surface area contributed by atoms with E-state index in [-0.39, 0.29) is 5.91 Å². The lowest BCUT2D eigenvalue weighted by Gasteiger charge is -2.08. The molecule has 0 saturated heterocycles. The highest BCUT2D eigenvalue weighted by Gasteiger charge is 2.11. The van der Waals surface area contributed by atoms with Crippen molar-refractivity contribution in [2.45, 2.75) is 0 Å².